The van der Waals surface area contributed by atoms with Crippen molar-refractivity contribution in [2.75, 3.05) is 7.05 Å². The molecule has 108 valence electrons. The first-order chi connectivity index (χ1) is 9.34. The zero-order chi connectivity index (χ0) is 14.9. The number of rotatable bonds is 5. The molecule has 0 aromatic carbocycles. The van der Waals surface area contributed by atoms with Gasteiger partial charge in [-0.1, -0.05) is 6.07 Å². The predicted molar refractivity (Wildman–Crippen MR) is 73.3 cm³/mol. The topological polar surface area (TPSA) is 103 Å². The number of aryl methyl sites for hydroxylation is 1. The molecule has 7 nitrogen and oxygen atoms in total. The Bertz CT molecular complexity index is 719. The molecule has 0 unspecified atom stereocenters. The Hall–Kier alpha value is -1.71. The van der Waals surface area contributed by atoms with Gasteiger partial charge in [0, 0.05) is 18.5 Å². The van der Waals surface area contributed by atoms with Crippen LogP contribution in [0.15, 0.2) is 22.4 Å². The van der Waals surface area contributed by atoms with Gasteiger partial charge in [0.05, 0.1) is 5.69 Å². The highest BCUT2D eigenvalue weighted by atomic mass is 32.2. The number of carbonyl (C=O) groups is 1. The second-order valence-corrected chi connectivity index (χ2v) is 7.19. The third-order valence-electron chi connectivity index (χ3n) is 2.72. The molecule has 0 amide bonds. The molecule has 0 aliphatic carbocycles. The van der Waals surface area contributed by atoms with E-state index in [1.807, 2.05) is 17.5 Å². The van der Waals surface area contributed by atoms with Gasteiger partial charge in [-0.3, -0.25) is 5.10 Å². The fourth-order valence-corrected chi connectivity index (χ4v) is 4.01. The number of sulfonamides is 1. The lowest BCUT2D eigenvalue weighted by molar-refractivity contribution is 0.0686. The van der Waals surface area contributed by atoms with Gasteiger partial charge in [0.1, 0.15) is 4.90 Å². The number of nitrogens with one attached hydrogen (secondary N) is 1. The Morgan fingerprint density at radius 1 is 1.55 bits per heavy atom. The highest BCUT2D eigenvalue weighted by Crippen LogP contribution is 2.23. The zero-order valence-corrected chi connectivity index (χ0v) is 12.5. The van der Waals surface area contributed by atoms with E-state index >= 15 is 0 Å². The number of hydrogen-bond donors (Lipinski definition) is 2. The van der Waals surface area contributed by atoms with E-state index in [9.17, 15) is 13.2 Å². The Balaban J connectivity index is 2.40. The molecule has 0 fully saturated rings. The van der Waals surface area contributed by atoms with Gasteiger partial charge >= 0.3 is 5.97 Å². The van der Waals surface area contributed by atoms with Crippen LogP contribution in [0.25, 0.3) is 0 Å². The molecule has 9 heteroatoms. The maximum absolute atomic E-state index is 12.5. The van der Waals surface area contributed by atoms with Crippen LogP contribution >= 0.6 is 11.3 Å². The number of carboxylic acid groups (broad SMARTS) is 1. The van der Waals surface area contributed by atoms with Crippen molar-refractivity contribution < 1.29 is 18.3 Å². The minimum absolute atomic E-state index is 0.184. The molecule has 20 heavy (non-hydrogen) atoms. The van der Waals surface area contributed by atoms with E-state index in [4.69, 9.17) is 5.11 Å². The molecule has 0 radical (unpaired) electrons. The van der Waals surface area contributed by atoms with Crippen LogP contribution in [0.4, 0.5) is 0 Å². The number of H-pyrrole nitrogens is 1. The summed E-state index contributed by atoms with van der Waals surface area (Å²) in [6, 6.07) is 3.64. The first-order valence-electron chi connectivity index (χ1n) is 5.61. The van der Waals surface area contributed by atoms with Gasteiger partial charge < -0.3 is 5.11 Å². The highest BCUT2D eigenvalue weighted by Gasteiger charge is 2.31. The van der Waals surface area contributed by atoms with Gasteiger partial charge in [-0.2, -0.15) is 9.40 Å². The normalized spacial score (nSPS) is 11.9. The molecular formula is C11H13N3O4S2. The number of hydrogen-bond acceptors (Lipinski definition) is 5. The quantitative estimate of drug-likeness (QED) is 0.865. The molecule has 0 atom stereocenters. The SMILES string of the molecule is Cc1[nH]nc(C(=O)O)c1S(=O)(=O)N(C)Cc1cccs1. The second-order valence-electron chi connectivity index (χ2n) is 4.17. The van der Waals surface area contributed by atoms with Crippen molar-refractivity contribution >= 4 is 27.3 Å². The average molecular weight is 315 g/mol. The van der Waals surface area contributed by atoms with E-state index in [1.54, 1.807) is 0 Å². The Morgan fingerprint density at radius 3 is 2.80 bits per heavy atom. The number of nitrogens with zero attached hydrogens (tertiary/aromatic N) is 2. The third kappa shape index (κ3) is 2.60. The molecule has 2 heterocycles. The summed E-state index contributed by atoms with van der Waals surface area (Å²) in [6.07, 6.45) is 0. The van der Waals surface area contributed by atoms with Crippen LogP contribution in [0.2, 0.25) is 0 Å². The summed E-state index contributed by atoms with van der Waals surface area (Å²) < 4.78 is 26.1. The summed E-state index contributed by atoms with van der Waals surface area (Å²) in [7, 11) is -2.50. The summed E-state index contributed by atoms with van der Waals surface area (Å²) >= 11 is 1.43. The van der Waals surface area contributed by atoms with Gasteiger partial charge in [-0.15, -0.1) is 11.3 Å². The molecule has 2 N–H and O–H groups in total. The van der Waals surface area contributed by atoms with Gasteiger partial charge in [0.15, 0.2) is 5.69 Å². The van der Waals surface area contributed by atoms with Crippen molar-refractivity contribution in [3.63, 3.8) is 0 Å². The Morgan fingerprint density at radius 2 is 2.25 bits per heavy atom. The molecule has 0 saturated carbocycles. The van der Waals surface area contributed by atoms with Crippen LogP contribution in [0.3, 0.4) is 0 Å². The van der Waals surface area contributed by atoms with E-state index in [0.29, 0.717) is 0 Å². The first-order valence-corrected chi connectivity index (χ1v) is 7.93. The monoisotopic (exact) mass is 315 g/mol. The van der Waals surface area contributed by atoms with Crippen molar-refractivity contribution in [3.8, 4) is 0 Å². The summed E-state index contributed by atoms with van der Waals surface area (Å²) in [6.45, 7) is 1.66. The average Bonchev–Trinajstić information content (AvgIpc) is 2.98. The van der Waals surface area contributed by atoms with Crippen molar-refractivity contribution in [2.24, 2.45) is 0 Å². The predicted octanol–water partition coefficient (Wildman–Crippen LogP) is 1.30. The standard InChI is InChI=1S/C11H13N3O4S2/c1-7-10(9(11(15)16)13-12-7)20(17,18)14(2)6-8-4-3-5-19-8/h3-5H,6H2,1-2H3,(H,12,13)(H,15,16). The van der Waals surface area contributed by atoms with E-state index < -0.39 is 21.7 Å². The lowest BCUT2D eigenvalue weighted by Gasteiger charge is -2.16. The fraction of sp³-hybridized carbons (Fsp3) is 0.273. The van der Waals surface area contributed by atoms with Crippen LogP contribution in [0, 0.1) is 6.92 Å². The number of aromatic amines is 1. The van der Waals surface area contributed by atoms with Gasteiger partial charge in [-0.05, 0) is 18.4 Å². The molecule has 0 bridgehead atoms. The minimum Gasteiger partial charge on any atom is -0.476 e. The third-order valence-corrected chi connectivity index (χ3v) is 5.55. The van der Waals surface area contributed by atoms with Crippen LogP contribution in [-0.4, -0.2) is 41.0 Å². The van der Waals surface area contributed by atoms with Crippen molar-refractivity contribution in [3.05, 3.63) is 33.8 Å². The lowest BCUT2D eigenvalue weighted by Crippen LogP contribution is -2.27. The number of thiophene rings is 1. The summed E-state index contributed by atoms with van der Waals surface area (Å²) in [5.74, 6) is -1.38. The molecule has 0 saturated heterocycles. The number of aromatic carboxylic acids is 1. The van der Waals surface area contributed by atoms with E-state index in [0.717, 1.165) is 9.18 Å². The number of aromatic nitrogens is 2. The first kappa shape index (κ1) is 14.7. The largest absolute Gasteiger partial charge is 0.476 e. The maximum Gasteiger partial charge on any atom is 0.357 e. The Kier molecular flexibility index (Phi) is 3.93. The summed E-state index contributed by atoms with van der Waals surface area (Å²) in [4.78, 5) is 11.6. The van der Waals surface area contributed by atoms with Crippen LogP contribution in [0.1, 0.15) is 21.1 Å². The summed E-state index contributed by atoms with van der Waals surface area (Å²) in [5, 5.41) is 16.8. The summed E-state index contributed by atoms with van der Waals surface area (Å²) in [5.41, 5.74) is -0.277. The zero-order valence-electron chi connectivity index (χ0n) is 10.8. The van der Waals surface area contributed by atoms with Crippen molar-refractivity contribution in [1.29, 1.82) is 0 Å². The molecule has 2 aromatic heterocycles. The molecule has 0 aliphatic heterocycles. The lowest BCUT2D eigenvalue weighted by atomic mass is 10.4. The molecule has 2 aromatic rings. The minimum atomic E-state index is -3.91. The Labute approximate surface area is 119 Å². The second kappa shape index (κ2) is 5.35. The fourth-order valence-electron chi connectivity index (χ4n) is 1.74. The van der Waals surface area contributed by atoms with Crippen molar-refractivity contribution in [1.82, 2.24) is 14.5 Å². The van der Waals surface area contributed by atoms with Gasteiger partial charge in [0.25, 0.3) is 0 Å². The molecule has 0 spiro atoms. The highest BCUT2D eigenvalue weighted by molar-refractivity contribution is 7.89. The van der Waals surface area contributed by atoms with Gasteiger partial charge in [-0.25, -0.2) is 13.2 Å². The van der Waals surface area contributed by atoms with Crippen LogP contribution in [-0.2, 0) is 16.6 Å². The smallest absolute Gasteiger partial charge is 0.357 e. The van der Waals surface area contributed by atoms with E-state index in [1.165, 1.54) is 25.3 Å². The number of carboxylic acids is 1. The molecular weight excluding hydrogens is 302 g/mol. The van der Waals surface area contributed by atoms with Crippen molar-refractivity contribution in [2.45, 2.75) is 18.4 Å². The van der Waals surface area contributed by atoms with E-state index in [-0.39, 0.29) is 17.1 Å². The maximum atomic E-state index is 12.5. The van der Waals surface area contributed by atoms with Gasteiger partial charge in [0.2, 0.25) is 10.0 Å². The molecule has 2 rings (SSSR count). The van der Waals surface area contributed by atoms with Crippen LogP contribution in [0.5, 0.6) is 0 Å². The van der Waals surface area contributed by atoms with Crippen LogP contribution < -0.4 is 0 Å². The molecule has 0 aliphatic rings. The van der Waals surface area contributed by atoms with E-state index in [2.05, 4.69) is 10.2 Å².